The molecule has 1 aromatic carbocycles. The van der Waals surface area contributed by atoms with Crippen LogP contribution in [0.2, 0.25) is 0 Å². The summed E-state index contributed by atoms with van der Waals surface area (Å²) in [6, 6.07) is 7.55. The van der Waals surface area contributed by atoms with Crippen molar-refractivity contribution in [2.75, 3.05) is 13.1 Å². The van der Waals surface area contributed by atoms with Gasteiger partial charge in [-0.1, -0.05) is 26.0 Å². The molecule has 2 N–H and O–H groups in total. The molecule has 6 heteroatoms. The minimum absolute atomic E-state index is 0.0697. The van der Waals surface area contributed by atoms with E-state index in [-0.39, 0.29) is 23.8 Å². The number of nitrogens with zero attached hydrogens (tertiary/aromatic N) is 2. The Morgan fingerprint density at radius 1 is 1.38 bits per heavy atom. The lowest BCUT2D eigenvalue weighted by atomic mass is 10.1. The molecule has 128 valence electrons. The molecule has 1 saturated heterocycles. The molecule has 2 heterocycles. The number of carbonyl (C=O) groups is 2. The van der Waals surface area contributed by atoms with Crippen molar-refractivity contribution < 1.29 is 9.59 Å². The summed E-state index contributed by atoms with van der Waals surface area (Å²) in [5.74, 6) is 0.851. The number of fused-ring (bicyclic) bond motifs is 1. The number of likely N-dealkylation sites (tertiary alicyclic amines) is 1. The highest BCUT2D eigenvalue weighted by Gasteiger charge is 2.35. The number of aromatic amines is 1. The van der Waals surface area contributed by atoms with Crippen LogP contribution in [0.4, 0.5) is 0 Å². The number of carbonyl (C=O) groups excluding carboxylic acids is 2. The van der Waals surface area contributed by atoms with Gasteiger partial charge in [0.05, 0.1) is 23.0 Å². The number of hydrogen-bond acceptors (Lipinski definition) is 3. The van der Waals surface area contributed by atoms with Crippen LogP contribution in [0, 0.1) is 11.8 Å². The summed E-state index contributed by atoms with van der Waals surface area (Å²) < 4.78 is 0. The molecule has 0 radical (unpaired) electrons. The molecule has 1 aliphatic heterocycles. The van der Waals surface area contributed by atoms with E-state index < -0.39 is 0 Å². The Balaban J connectivity index is 1.63. The lowest BCUT2D eigenvalue weighted by Gasteiger charge is -2.19. The number of imidazole rings is 1. The van der Waals surface area contributed by atoms with E-state index in [0.717, 1.165) is 16.9 Å². The summed E-state index contributed by atoms with van der Waals surface area (Å²) in [5, 5.41) is 2.98. The molecule has 24 heavy (non-hydrogen) atoms. The fourth-order valence-corrected chi connectivity index (χ4v) is 3.14. The smallest absolute Gasteiger partial charge is 0.226 e. The van der Waals surface area contributed by atoms with Crippen molar-refractivity contribution in [2.24, 2.45) is 11.8 Å². The molecule has 1 aliphatic rings. The fraction of sp³-hybridized carbons (Fsp3) is 0.500. The minimum Gasteiger partial charge on any atom is -0.346 e. The van der Waals surface area contributed by atoms with E-state index >= 15 is 0 Å². The number of hydrogen-bond donors (Lipinski definition) is 2. The number of rotatable bonds is 5. The van der Waals surface area contributed by atoms with Crippen LogP contribution < -0.4 is 5.32 Å². The SMILES string of the molecule is CC(C)CN1C[C@@H](C(=O)N[C@@H](C)c2nc3ccccc3[nH]2)CC1=O. The molecule has 3 rings (SSSR count). The monoisotopic (exact) mass is 328 g/mol. The average Bonchev–Trinajstić information content (AvgIpc) is 3.11. The first kappa shape index (κ1) is 16.5. The van der Waals surface area contributed by atoms with Crippen LogP contribution in [0.15, 0.2) is 24.3 Å². The van der Waals surface area contributed by atoms with Crippen molar-refractivity contribution in [3.8, 4) is 0 Å². The summed E-state index contributed by atoms with van der Waals surface area (Å²) in [5.41, 5.74) is 1.83. The van der Waals surface area contributed by atoms with Crippen LogP contribution in [0.25, 0.3) is 11.0 Å². The Kier molecular flexibility index (Phi) is 4.55. The van der Waals surface area contributed by atoms with Gasteiger partial charge >= 0.3 is 0 Å². The zero-order valence-electron chi connectivity index (χ0n) is 14.4. The van der Waals surface area contributed by atoms with Gasteiger partial charge in [-0.05, 0) is 25.0 Å². The van der Waals surface area contributed by atoms with Gasteiger partial charge in [-0.2, -0.15) is 0 Å². The molecule has 0 aliphatic carbocycles. The summed E-state index contributed by atoms with van der Waals surface area (Å²) >= 11 is 0. The van der Waals surface area contributed by atoms with Gasteiger partial charge in [0.25, 0.3) is 0 Å². The molecule has 0 spiro atoms. The predicted molar refractivity (Wildman–Crippen MR) is 92.2 cm³/mol. The van der Waals surface area contributed by atoms with Gasteiger partial charge in [0, 0.05) is 19.5 Å². The highest BCUT2D eigenvalue weighted by atomic mass is 16.2. The Morgan fingerprint density at radius 2 is 2.12 bits per heavy atom. The summed E-state index contributed by atoms with van der Waals surface area (Å²) in [6.07, 6.45) is 0.297. The number of aromatic nitrogens is 2. The van der Waals surface area contributed by atoms with Crippen LogP contribution in [0.3, 0.4) is 0 Å². The molecule has 1 fully saturated rings. The lowest BCUT2D eigenvalue weighted by Crippen LogP contribution is -2.35. The first-order chi connectivity index (χ1) is 11.4. The Hall–Kier alpha value is -2.37. The Bertz CT molecular complexity index is 719. The number of nitrogens with one attached hydrogen (secondary N) is 2. The van der Waals surface area contributed by atoms with E-state index in [4.69, 9.17) is 0 Å². The minimum atomic E-state index is -0.275. The van der Waals surface area contributed by atoms with Crippen LogP contribution in [-0.2, 0) is 9.59 Å². The third-order valence-corrected chi connectivity index (χ3v) is 4.35. The normalized spacial score (nSPS) is 19.2. The van der Waals surface area contributed by atoms with Gasteiger partial charge < -0.3 is 15.2 Å². The first-order valence-corrected chi connectivity index (χ1v) is 8.47. The standard InChI is InChI=1S/C18H24N4O2/c1-11(2)9-22-10-13(8-16(22)23)18(24)19-12(3)17-20-14-6-4-5-7-15(14)21-17/h4-7,11-13H,8-10H2,1-3H3,(H,19,24)(H,20,21)/t12-,13-/m0/s1. The van der Waals surface area contributed by atoms with E-state index in [1.165, 1.54) is 0 Å². The van der Waals surface area contributed by atoms with Crippen LogP contribution in [0.1, 0.15) is 39.1 Å². The fourth-order valence-electron chi connectivity index (χ4n) is 3.14. The maximum absolute atomic E-state index is 12.5. The zero-order chi connectivity index (χ0) is 17.3. The van der Waals surface area contributed by atoms with Gasteiger partial charge in [-0.25, -0.2) is 4.98 Å². The van der Waals surface area contributed by atoms with E-state index in [9.17, 15) is 9.59 Å². The summed E-state index contributed by atoms with van der Waals surface area (Å²) in [7, 11) is 0. The maximum Gasteiger partial charge on any atom is 0.226 e. The van der Waals surface area contributed by atoms with Crippen molar-refractivity contribution >= 4 is 22.8 Å². The van der Waals surface area contributed by atoms with Gasteiger partial charge in [0.1, 0.15) is 5.82 Å². The van der Waals surface area contributed by atoms with Crippen LogP contribution >= 0.6 is 0 Å². The summed E-state index contributed by atoms with van der Waals surface area (Å²) in [6.45, 7) is 7.27. The quantitative estimate of drug-likeness (QED) is 0.883. The molecule has 1 aromatic heterocycles. The molecular weight excluding hydrogens is 304 g/mol. The van der Waals surface area contributed by atoms with Gasteiger partial charge in [-0.15, -0.1) is 0 Å². The number of benzene rings is 1. The van der Waals surface area contributed by atoms with Crippen molar-refractivity contribution in [1.82, 2.24) is 20.2 Å². The van der Waals surface area contributed by atoms with Crippen LogP contribution in [0.5, 0.6) is 0 Å². The first-order valence-electron chi connectivity index (χ1n) is 8.47. The third kappa shape index (κ3) is 3.42. The molecule has 0 saturated carbocycles. The molecule has 2 amide bonds. The van der Waals surface area contributed by atoms with E-state index in [0.29, 0.717) is 25.4 Å². The van der Waals surface area contributed by atoms with Gasteiger partial charge in [-0.3, -0.25) is 9.59 Å². The summed E-state index contributed by atoms with van der Waals surface area (Å²) in [4.78, 5) is 34.1. The number of H-pyrrole nitrogens is 1. The molecule has 2 atom stereocenters. The number of amides is 2. The van der Waals surface area contributed by atoms with E-state index in [1.54, 1.807) is 4.90 Å². The van der Waals surface area contributed by atoms with Crippen LogP contribution in [-0.4, -0.2) is 39.8 Å². The molecule has 0 unspecified atom stereocenters. The van der Waals surface area contributed by atoms with Gasteiger partial charge in [0.15, 0.2) is 0 Å². The molecule has 6 nitrogen and oxygen atoms in total. The van der Waals surface area contributed by atoms with Crippen molar-refractivity contribution in [2.45, 2.75) is 33.2 Å². The predicted octanol–water partition coefficient (Wildman–Crippen LogP) is 2.24. The van der Waals surface area contributed by atoms with Crippen molar-refractivity contribution in [3.63, 3.8) is 0 Å². The largest absolute Gasteiger partial charge is 0.346 e. The third-order valence-electron chi connectivity index (χ3n) is 4.35. The molecule has 0 bridgehead atoms. The lowest BCUT2D eigenvalue weighted by molar-refractivity contribution is -0.129. The highest BCUT2D eigenvalue weighted by molar-refractivity contribution is 5.89. The van der Waals surface area contributed by atoms with Gasteiger partial charge in [0.2, 0.25) is 11.8 Å². The zero-order valence-corrected chi connectivity index (χ0v) is 14.4. The Morgan fingerprint density at radius 3 is 2.83 bits per heavy atom. The second kappa shape index (κ2) is 6.63. The Labute approximate surface area is 141 Å². The average molecular weight is 328 g/mol. The molecule has 2 aromatic rings. The highest BCUT2D eigenvalue weighted by Crippen LogP contribution is 2.21. The topological polar surface area (TPSA) is 78.1 Å². The second-order valence-corrected chi connectivity index (χ2v) is 6.96. The maximum atomic E-state index is 12.5. The van der Waals surface area contributed by atoms with Crippen molar-refractivity contribution in [1.29, 1.82) is 0 Å². The molecular formula is C18H24N4O2. The number of para-hydroxylation sites is 2. The van der Waals surface area contributed by atoms with E-state index in [2.05, 4.69) is 29.1 Å². The van der Waals surface area contributed by atoms with E-state index in [1.807, 2.05) is 31.2 Å². The second-order valence-electron chi connectivity index (χ2n) is 6.96. The van der Waals surface area contributed by atoms with Crippen molar-refractivity contribution in [3.05, 3.63) is 30.1 Å².